The van der Waals surface area contributed by atoms with Gasteiger partial charge in [0.25, 0.3) is 0 Å². The maximum absolute atomic E-state index is 12.6. The number of carbonyl (C=O) groups excluding carboxylic acids is 1. The molecule has 1 saturated heterocycles. The number of rotatable bonds is 5. The van der Waals surface area contributed by atoms with Crippen molar-refractivity contribution in [1.82, 2.24) is 15.1 Å². The molecule has 4 rings (SSSR count). The molecule has 1 aliphatic rings. The molecular weight excluding hydrogens is 398 g/mol. The molecule has 32 heavy (non-hydrogen) atoms. The van der Waals surface area contributed by atoms with Gasteiger partial charge in [-0.15, -0.1) is 10.2 Å². The molecule has 1 N–H and O–H groups in total. The molecule has 0 radical (unpaired) electrons. The van der Waals surface area contributed by atoms with Crippen LogP contribution in [-0.4, -0.2) is 47.3 Å². The van der Waals surface area contributed by atoms with E-state index in [1.165, 1.54) is 11.1 Å². The minimum Gasteiger partial charge on any atom is -0.352 e. The summed E-state index contributed by atoms with van der Waals surface area (Å²) in [5, 5.41) is 11.9. The monoisotopic (exact) mass is 429 g/mol. The molecule has 2 aromatic carbocycles. The summed E-state index contributed by atoms with van der Waals surface area (Å²) in [5.74, 6) is 1.33. The summed E-state index contributed by atoms with van der Waals surface area (Å²) >= 11 is 0. The van der Waals surface area contributed by atoms with E-state index in [9.17, 15) is 4.79 Å². The zero-order valence-corrected chi connectivity index (χ0v) is 19.1. The summed E-state index contributed by atoms with van der Waals surface area (Å²) in [7, 11) is 0. The molecule has 1 aromatic heterocycles. The topological polar surface area (TPSA) is 61.4 Å². The van der Waals surface area contributed by atoms with Gasteiger partial charge in [-0.1, -0.05) is 57.2 Å². The summed E-state index contributed by atoms with van der Waals surface area (Å²) in [5.41, 5.74) is 5.35. The second kappa shape index (κ2) is 9.81. The van der Waals surface area contributed by atoms with Crippen LogP contribution < -0.4 is 10.2 Å². The number of piperazine rings is 1. The van der Waals surface area contributed by atoms with E-state index in [1.807, 2.05) is 29.2 Å². The minimum atomic E-state index is -0.0566. The lowest BCUT2D eigenvalue weighted by atomic mass is 10.0. The van der Waals surface area contributed by atoms with Crippen molar-refractivity contribution in [2.24, 2.45) is 0 Å². The standard InChI is InChI=1S/C26H31N5O/c1-4-20-5-7-22(8-6-20)24-13-14-25(29-28-24)30-15-17-31(18-16-30)26(32)27-23-11-9-21(10-12-23)19(2)3/h5-14,19H,4,15-18H2,1-3H3,(H,27,32). The molecule has 0 spiro atoms. The van der Waals surface area contributed by atoms with Gasteiger partial charge in [-0.3, -0.25) is 0 Å². The van der Waals surface area contributed by atoms with Crippen molar-refractivity contribution >= 4 is 17.5 Å². The molecule has 2 amide bonds. The second-order valence-electron chi connectivity index (χ2n) is 8.51. The number of amides is 2. The molecule has 0 unspecified atom stereocenters. The van der Waals surface area contributed by atoms with Crippen LogP contribution in [0, 0.1) is 0 Å². The normalized spacial score (nSPS) is 14.0. The van der Waals surface area contributed by atoms with Crippen molar-refractivity contribution < 1.29 is 4.79 Å². The smallest absolute Gasteiger partial charge is 0.321 e. The molecule has 0 atom stereocenters. The fourth-order valence-corrected chi connectivity index (χ4v) is 3.85. The highest BCUT2D eigenvalue weighted by atomic mass is 16.2. The Kier molecular flexibility index (Phi) is 6.69. The number of nitrogens with one attached hydrogen (secondary N) is 1. The van der Waals surface area contributed by atoms with Crippen molar-refractivity contribution in [3.8, 4) is 11.3 Å². The molecule has 1 aliphatic heterocycles. The lowest BCUT2D eigenvalue weighted by molar-refractivity contribution is 0.208. The predicted octanol–water partition coefficient (Wildman–Crippen LogP) is 5.18. The minimum absolute atomic E-state index is 0.0566. The lowest BCUT2D eigenvalue weighted by Gasteiger charge is -2.35. The molecule has 6 heteroatoms. The van der Waals surface area contributed by atoms with Crippen LogP contribution in [0.1, 0.15) is 37.8 Å². The van der Waals surface area contributed by atoms with Gasteiger partial charge in [0.15, 0.2) is 5.82 Å². The Labute approximate surface area is 190 Å². The third kappa shape index (κ3) is 5.07. The molecule has 1 fully saturated rings. The van der Waals surface area contributed by atoms with Gasteiger partial charge in [0.05, 0.1) is 5.69 Å². The van der Waals surface area contributed by atoms with Crippen LogP contribution in [0.25, 0.3) is 11.3 Å². The molecule has 166 valence electrons. The Balaban J connectivity index is 1.31. The summed E-state index contributed by atoms with van der Waals surface area (Å²) in [6, 6.07) is 20.5. The Morgan fingerprint density at radius 3 is 2.16 bits per heavy atom. The summed E-state index contributed by atoms with van der Waals surface area (Å²) in [6.45, 7) is 9.24. The second-order valence-corrected chi connectivity index (χ2v) is 8.51. The first-order valence-electron chi connectivity index (χ1n) is 11.4. The average Bonchev–Trinajstić information content (AvgIpc) is 2.84. The Morgan fingerprint density at radius 2 is 1.59 bits per heavy atom. The van der Waals surface area contributed by atoms with Gasteiger partial charge >= 0.3 is 6.03 Å². The van der Waals surface area contributed by atoms with Gasteiger partial charge in [-0.2, -0.15) is 0 Å². The van der Waals surface area contributed by atoms with Crippen LogP contribution in [0.3, 0.4) is 0 Å². The number of aryl methyl sites for hydroxylation is 1. The molecule has 0 aliphatic carbocycles. The van der Waals surface area contributed by atoms with E-state index in [0.717, 1.165) is 42.3 Å². The fraction of sp³-hybridized carbons (Fsp3) is 0.346. The highest BCUT2D eigenvalue weighted by Gasteiger charge is 2.22. The number of aromatic nitrogens is 2. The fourth-order valence-electron chi connectivity index (χ4n) is 3.85. The number of hydrogen-bond donors (Lipinski definition) is 1. The quantitative estimate of drug-likeness (QED) is 0.607. The van der Waals surface area contributed by atoms with Gasteiger partial charge in [-0.25, -0.2) is 4.79 Å². The summed E-state index contributed by atoms with van der Waals surface area (Å²) in [4.78, 5) is 16.7. The number of nitrogens with zero attached hydrogens (tertiary/aromatic N) is 4. The number of carbonyl (C=O) groups is 1. The summed E-state index contributed by atoms with van der Waals surface area (Å²) in [6.07, 6.45) is 1.03. The van der Waals surface area contributed by atoms with Crippen LogP contribution in [0.15, 0.2) is 60.7 Å². The van der Waals surface area contributed by atoms with Crippen molar-refractivity contribution in [2.45, 2.75) is 33.1 Å². The molecule has 0 bridgehead atoms. The summed E-state index contributed by atoms with van der Waals surface area (Å²) < 4.78 is 0. The highest BCUT2D eigenvalue weighted by molar-refractivity contribution is 5.89. The highest BCUT2D eigenvalue weighted by Crippen LogP contribution is 2.21. The zero-order chi connectivity index (χ0) is 22.5. The first-order valence-corrected chi connectivity index (χ1v) is 11.4. The van der Waals surface area contributed by atoms with Gasteiger partial charge in [-0.05, 0) is 47.7 Å². The van der Waals surface area contributed by atoms with Crippen LogP contribution in [0.4, 0.5) is 16.3 Å². The van der Waals surface area contributed by atoms with E-state index in [1.54, 1.807) is 0 Å². The molecular formula is C26H31N5O. The van der Waals surface area contributed by atoms with Crippen molar-refractivity contribution in [3.63, 3.8) is 0 Å². The third-order valence-corrected chi connectivity index (χ3v) is 6.03. The van der Waals surface area contributed by atoms with Crippen molar-refractivity contribution in [2.75, 3.05) is 36.4 Å². The first kappa shape index (κ1) is 21.8. The SMILES string of the molecule is CCc1ccc(-c2ccc(N3CCN(C(=O)Nc4ccc(C(C)C)cc4)CC3)nn2)cc1. The van der Waals surface area contributed by atoms with Crippen molar-refractivity contribution in [3.05, 3.63) is 71.8 Å². The predicted molar refractivity (Wildman–Crippen MR) is 130 cm³/mol. The number of hydrogen-bond acceptors (Lipinski definition) is 4. The van der Waals surface area contributed by atoms with Crippen molar-refractivity contribution in [1.29, 1.82) is 0 Å². The van der Waals surface area contributed by atoms with E-state index in [4.69, 9.17) is 0 Å². The Morgan fingerprint density at radius 1 is 0.906 bits per heavy atom. The molecule has 6 nitrogen and oxygen atoms in total. The van der Waals surface area contributed by atoms with Crippen LogP contribution >= 0.6 is 0 Å². The van der Waals surface area contributed by atoms with Gasteiger partial charge in [0, 0.05) is 37.4 Å². The molecule has 3 aromatic rings. The van der Waals surface area contributed by atoms with Gasteiger partial charge in [0.2, 0.25) is 0 Å². The van der Waals surface area contributed by atoms with Crippen LogP contribution in [-0.2, 0) is 6.42 Å². The zero-order valence-electron chi connectivity index (χ0n) is 19.1. The maximum Gasteiger partial charge on any atom is 0.321 e. The van der Waals surface area contributed by atoms with E-state index >= 15 is 0 Å². The van der Waals surface area contributed by atoms with E-state index in [2.05, 4.69) is 77.6 Å². The van der Waals surface area contributed by atoms with Crippen LogP contribution in [0.5, 0.6) is 0 Å². The Hall–Kier alpha value is -3.41. The lowest BCUT2D eigenvalue weighted by Crippen LogP contribution is -2.50. The average molecular weight is 430 g/mol. The van der Waals surface area contributed by atoms with E-state index in [-0.39, 0.29) is 6.03 Å². The van der Waals surface area contributed by atoms with E-state index in [0.29, 0.717) is 19.0 Å². The maximum atomic E-state index is 12.6. The molecule has 0 saturated carbocycles. The van der Waals surface area contributed by atoms with E-state index < -0.39 is 0 Å². The third-order valence-electron chi connectivity index (χ3n) is 6.03. The largest absolute Gasteiger partial charge is 0.352 e. The van der Waals surface area contributed by atoms with Gasteiger partial charge < -0.3 is 15.1 Å². The Bertz CT molecular complexity index is 1020. The van der Waals surface area contributed by atoms with Gasteiger partial charge in [0.1, 0.15) is 0 Å². The van der Waals surface area contributed by atoms with Crippen LogP contribution in [0.2, 0.25) is 0 Å². The number of urea groups is 1. The molecule has 2 heterocycles. The number of anilines is 2. The number of benzene rings is 2. The first-order chi connectivity index (χ1) is 15.5.